The van der Waals surface area contributed by atoms with Gasteiger partial charge in [0.1, 0.15) is 10.8 Å². The van der Waals surface area contributed by atoms with Crippen LogP contribution in [0.15, 0.2) is 29.3 Å². The number of amides is 2. The van der Waals surface area contributed by atoms with Gasteiger partial charge in [0.25, 0.3) is 11.8 Å². The Morgan fingerprint density at radius 3 is 2.77 bits per heavy atom. The van der Waals surface area contributed by atoms with Crippen LogP contribution < -0.4 is 4.74 Å². The van der Waals surface area contributed by atoms with Crippen LogP contribution in [0.25, 0.3) is 5.57 Å². The minimum Gasteiger partial charge on any atom is -0.496 e. The molecule has 2 heterocycles. The SMILES string of the molecule is COc1ccccc1C1=C(Cl)C(=O)N(CC2CCCO2)C1=O. The molecule has 0 radical (unpaired) electrons. The third-order valence-electron chi connectivity index (χ3n) is 3.90. The predicted octanol–water partition coefficient (Wildman–Crippen LogP) is 2.19. The van der Waals surface area contributed by atoms with E-state index >= 15 is 0 Å². The van der Waals surface area contributed by atoms with Gasteiger partial charge in [-0.1, -0.05) is 29.8 Å². The molecule has 2 amide bonds. The zero-order valence-electron chi connectivity index (χ0n) is 12.2. The highest BCUT2D eigenvalue weighted by atomic mass is 35.5. The maximum absolute atomic E-state index is 12.6. The van der Waals surface area contributed by atoms with E-state index < -0.39 is 11.8 Å². The topological polar surface area (TPSA) is 55.8 Å². The number of nitrogens with zero attached hydrogens (tertiary/aromatic N) is 1. The Kier molecular flexibility index (Phi) is 4.18. The number of hydrogen-bond donors (Lipinski definition) is 0. The van der Waals surface area contributed by atoms with E-state index in [1.54, 1.807) is 24.3 Å². The molecular formula is C16H16ClNO4. The molecule has 0 saturated carbocycles. The van der Waals surface area contributed by atoms with Gasteiger partial charge in [-0.2, -0.15) is 0 Å². The minimum absolute atomic E-state index is 0.0625. The first-order chi connectivity index (χ1) is 10.6. The largest absolute Gasteiger partial charge is 0.496 e. The highest BCUT2D eigenvalue weighted by molar-refractivity contribution is 6.55. The zero-order chi connectivity index (χ0) is 15.7. The first-order valence-corrected chi connectivity index (χ1v) is 7.52. The van der Waals surface area contributed by atoms with Gasteiger partial charge < -0.3 is 9.47 Å². The van der Waals surface area contributed by atoms with Crippen molar-refractivity contribution in [3.8, 4) is 5.75 Å². The van der Waals surface area contributed by atoms with Gasteiger partial charge >= 0.3 is 0 Å². The predicted molar refractivity (Wildman–Crippen MR) is 81.5 cm³/mol. The Morgan fingerprint density at radius 1 is 1.32 bits per heavy atom. The lowest BCUT2D eigenvalue weighted by Crippen LogP contribution is -2.37. The van der Waals surface area contributed by atoms with E-state index in [0.717, 1.165) is 12.8 Å². The van der Waals surface area contributed by atoms with Gasteiger partial charge in [-0.3, -0.25) is 14.5 Å². The Morgan fingerprint density at radius 2 is 2.09 bits per heavy atom. The van der Waals surface area contributed by atoms with Gasteiger partial charge in [-0.15, -0.1) is 0 Å². The Hall–Kier alpha value is -1.85. The number of imide groups is 1. The highest BCUT2D eigenvalue weighted by Gasteiger charge is 2.40. The number of ether oxygens (including phenoxy) is 2. The number of methoxy groups -OCH3 is 1. The van der Waals surface area contributed by atoms with Gasteiger partial charge in [0.15, 0.2) is 0 Å². The fraction of sp³-hybridized carbons (Fsp3) is 0.375. The summed E-state index contributed by atoms with van der Waals surface area (Å²) in [5.41, 5.74) is 0.727. The van der Waals surface area contributed by atoms with E-state index in [9.17, 15) is 9.59 Å². The van der Waals surface area contributed by atoms with Crippen molar-refractivity contribution >= 4 is 29.0 Å². The molecule has 1 aromatic carbocycles. The number of benzene rings is 1. The van der Waals surface area contributed by atoms with Crippen LogP contribution in [0.1, 0.15) is 18.4 Å². The molecule has 0 aromatic heterocycles. The van der Waals surface area contributed by atoms with Gasteiger partial charge in [-0.25, -0.2) is 0 Å². The van der Waals surface area contributed by atoms with Crippen molar-refractivity contribution in [3.63, 3.8) is 0 Å². The normalized spacial score (nSPS) is 21.9. The number of para-hydroxylation sites is 1. The Bertz CT molecular complexity index is 649. The van der Waals surface area contributed by atoms with Crippen molar-refractivity contribution in [2.75, 3.05) is 20.3 Å². The first-order valence-electron chi connectivity index (χ1n) is 7.14. The van der Waals surface area contributed by atoms with E-state index in [1.807, 2.05) is 0 Å². The van der Waals surface area contributed by atoms with Crippen LogP contribution in [0.4, 0.5) is 0 Å². The summed E-state index contributed by atoms with van der Waals surface area (Å²) in [7, 11) is 1.51. The maximum atomic E-state index is 12.6. The van der Waals surface area contributed by atoms with E-state index in [4.69, 9.17) is 21.1 Å². The summed E-state index contributed by atoms with van der Waals surface area (Å²) in [5, 5.41) is -0.0625. The Balaban J connectivity index is 1.91. The molecule has 116 valence electrons. The van der Waals surface area contributed by atoms with Crippen LogP contribution in [0, 0.1) is 0 Å². The summed E-state index contributed by atoms with van der Waals surface area (Å²) < 4.78 is 10.8. The highest BCUT2D eigenvalue weighted by Crippen LogP contribution is 2.36. The molecule has 0 N–H and O–H groups in total. The molecular weight excluding hydrogens is 306 g/mol. The van der Waals surface area contributed by atoms with E-state index in [-0.39, 0.29) is 23.3 Å². The van der Waals surface area contributed by atoms with Crippen LogP contribution in [-0.4, -0.2) is 43.1 Å². The lowest BCUT2D eigenvalue weighted by molar-refractivity contribution is -0.138. The maximum Gasteiger partial charge on any atom is 0.273 e. The molecule has 1 aromatic rings. The smallest absolute Gasteiger partial charge is 0.273 e. The van der Waals surface area contributed by atoms with Crippen molar-refractivity contribution in [2.24, 2.45) is 0 Å². The molecule has 1 fully saturated rings. The van der Waals surface area contributed by atoms with Gasteiger partial charge in [0.05, 0.1) is 25.3 Å². The van der Waals surface area contributed by atoms with E-state index in [2.05, 4.69) is 0 Å². The van der Waals surface area contributed by atoms with Crippen molar-refractivity contribution < 1.29 is 19.1 Å². The standard InChI is InChI=1S/C16H16ClNO4/c1-21-12-7-3-2-6-11(12)13-14(17)16(20)18(15(13)19)9-10-5-4-8-22-10/h2-3,6-7,10H,4-5,8-9H2,1H3. The molecule has 0 spiro atoms. The van der Waals surface area contributed by atoms with Gasteiger partial charge in [0.2, 0.25) is 0 Å². The molecule has 3 rings (SSSR count). The Labute approximate surface area is 133 Å². The second-order valence-corrected chi connectivity index (χ2v) is 5.62. The summed E-state index contributed by atoms with van der Waals surface area (Å²) in [6, 6.07) is 7.02. The van der Waals surface area contributed by atoms with E-state index in [0.29, 0.717) is 17.9 Å². The van der Waals surface area contributed by atoms with Gasteiger partial charge in [-0.05, 0) is 18.9 Å². The van der Waals surface area contributed by atoms with E-state index in [1.165, 1.54) is 12.0 Å². The van der Waals surface area contributed by atoms with Crippen molar-refractivity contribution in [1.29, 1.82) is 0 Å². The van der Waals surface area contributed by atoms with Crippen LogP contribution in [0.5, 0.6) is 5.75 Å². The molecule has 1 atom stereocenters. The van der Waals surface area contributed by atoms with Crippen LogP contribution >= 0.6 is 11.6 Å². The van der Waals surface area contributed by atoms with Crippen LogP contribution in [0.3, 0.4) is 0 Å². The second kappa shape index (κ2) is 6.10. The first kappa shape index (κ1) is 15.1. The molecule has 5 nitrogen and oxygen atoms in total. The minimum atomic E-state index is -0.469. The van der Waals surface area contributed by atoms with Gasteiger partial charge in [0, 0.05) is 12.2 Å². The summed E-state index contributed by atoms with van der Waals surface area (Å²) in [5.74, 6) is -0.353. The average molecular weight is 322 g/mol. The average Bonchev–Trinajstić information content (AvgIpc) is 3.11. The number of hydrogen-bond acceptors (Lipinski definition) is 4. The zero-order valence-corrected chi connectivity index (χ0v) is 12.9. The molecule has 22 heavy (non-hydrogen) atoms. The fourth-order valence-electron chi connectivity index (χ4n) is 2.79. The monoisotopic (exact) mass is 321 g/mol. The third kappa shape index (κ3) is 2.51. The number of carbonyl (C=O) groups excluding carboxylic acids is 2. The lowest BCUT2D eigenvalue weighted by Gasteiger charge is -2.19. The summed E-state index contributed by atoms with van der Waals surface area (Å²) in [6.07, 6.45) is 1.69. The van der Waals surface area contributed by atoms with Crippen molar-refractivity contribution in [2.45, 2.75) is 18.9 Å². The second-order valence-electron chi connectivity index (χ2n) is 5.25. The fourth-order valence-corrected chi connectivity index (χ4v) is 3.07. The molecule has 2 aliphatic heterocycles. The summed E-state index contributed by atoms with van der Waals surface area (Å²) in [6.45, 7) is 0.911. The third-order valence-corrected chi connectivity index (χ3v) is 4.25. The number of carbonyl (C=O) groups is 2. The lowest BCUT2D eigenvalue weighted by atomic mass is 10.1. The summed E-state index contributed by atoms with van der Waals surface area (Å²) >= 11 is 6.14. The molecule has 6 heteroatoms. The van der Waals surface area contributed by atoms with Crippen molar-refractivity contribution in [1.82, 2.24) is 4.90 Å². The van der Waals surface area contributed by atoms with Crippen LogP contribution in [0.2, 0.25) is 0 Å². The van der Waals surface area contributed by atoms with Crippen LogP contribution in [-0.2, 0) is 14.3 Å². The quantitative estimate of drug-likeness (QED) is 0.798. The molecule has 0 bridgehead atoms. The number of halogens is 1. The van der Waals surface area contributed by atoms with Crippen molar-refractivity contribution in [3.05, 3.63) is 34.9 Å². The molecule has 1 unspecified atom stereocenters. The molecule has 1 saturated heterocycles. The molecule has 2 aliphatic rings. The summed E-state index contributed by atoms with van der Waals surface area (Å²) in [4.78, 5) is 26.1. The molecule has 0 aliphatic carbocycles. The number of rotatable bonds is 4.